The van der Waals surface area contributed by atoms with Gasteiger partial charge >= 0.3 is 5.97 Å². The van der Waals surface area contributed by atoms with Crippen molar-refractivity contribution in [3.8, 4) is 0 Å². The van der Waals surface area contributed by atoms with Crippen LogP contribution in [0.25, 0.3) is 10.9 Å². The number of nitrogens with one attached hydrogen (secondary N) is 1. The minimum absolute atomic E-state index is 0.136. The Hall–Kier alpha value is -3.02. The first-order valence-electron chi connectivity index (χ1n) is 6.87. The van der Waals surface area contributed by atoms with E-state index in [1.165, 1.54) is 26.4 Å². The van der Waals surface area contributed by atoms with Gasteiger partial charge in [-0.1, -0.05) is 24.8 Å². The number of ketones is 1. The summed E-state index contributed by atoms with van der Waals surface area (Å²) < 4.78 is 4.11. The van der Waals surface area contributed by atoms with E-state index in [0.717, 1.165) is 10.9 Å². The zero-order valence-electron chi connectivity index (χ0n) is 13.4. The molecule has 0 radical (unpaired) electrons. The number of fused-ring (bicyclic) bond motifs is 1. The van der Waals surface area contributed by atoms with Crippen molar-refractivity contribution in [2.24, 2.45) is 9.98 Å². The summed E-state index contributed by atoms with van der Waals surface area (Å²) in [6, 6.07) is 7.61. The molecule has 0 saturated carbocycles. The fourth-order valence-electron chi connectivity index (χ4n) is 1.74. The van der Waals surface area contributed by atoms with Gasteiger partial charge in [-0.05, 0) is 13.0 Å². The summed E-state index contributed by atoms with van der Waals surface area (Å²) in [6.45, 7) is 6.59. The summed E-state index contributed by atoms with van der Waals surface area (Å²) in [7, 11) is 1.35. The standard InChI is InChI=1S/C14H13N3O.C3H6O2/c1-3-15-14(16-4-2)13(18)11-9-17-12-8-6-5-7-10(11)12;1-3(4)5-2/h3-9,17H,1H2,2H3;1-2H3. The van der Waals surface area contributed by atoms with Gasteiger partial charge in [0.05, 0.1) is 12.7 Å². The molecule has 0 fully saturated rings. The van der Waals surface area contributed by atoms with Crippen LogP contribution in [0, 0.1) is 0 Å². The lowest BCUT2D eigenvalue weighted by molar-refractivity contribution is -0.137. The molecule has 1 heterocycles. The number of ether oxygens (including phenoxy) is 1. The summed E-state index contributed by atoms with van der Waals surface area (Å²) in [5.74, 6) is -0.326. The third kappa shape index (κ3) is 5.03. The van der Waals surface area contributed by atoms with Gasteiger partial charge in [0.1, 0.15) is 0 Å². The summed E-state index contributed by atoms with van der Waals surface area (Å²) >= 11 is 0. The second-order valence-corrected chi connectivity index (χ2v) is 4.30. The molecule has 0 unspecified atom stereocenters. The Morgan fingerprint density at radius 3 is 2.52 bits per heavy atom. The number of aliphatic imine (C=N–C) groups is 2. The monoisotopic (exact) mass is 313 g/mol. The fraction of sp³-hybridized carbons (Fsp3) is 0.176. The Balaban J connectivity index is 0.000000463. The van der Waals surface area contributed by atoms with Crippen LogP contribution in [0.1, 0.15) is 24.2 Å². The van der Waals surface area contributed by atoms with Crippen LogP contribution >= 0.6 is 0 Å². The lowest BCUT2D eigenvalue weighted by Crippen LogP contribution is -2.11. The molecular formula is C17H19N3O3. The molecule has 2 aromatic rings. The number of methoxy groups -OCH3 is 1. The van der Waals surface area contributed by atoms with Crippen LogP contribution in [-0.4, -0.2) is 35.9 Å². The largest absolute Gasteiger partial charge is 0.469 e. The van der Waals surface area contributed by atoms with Gasteiger partial charge in [-0.15, -0.1) is 0 Å². The zero-order valence-corrected chi connectivity index (χ0v) is 13.4. The van der Waals surface area contributed by atoms with Gasteiger partial charge in [-0.25, -0.2) is 9.98 Å². The van der Waals surface area contributed by atoms with Crippen LogP contribution in [0.15, 0.2) is 53.2 Å². The highest BCUT2D eigenvalue weighted by Gasteiger charge is 2.16. The second kappa shape index (κ2) is 9.09. The average Bonchev–Trinajstić information content (AvgIpc) is 2.98. The molecule has 0 amide bonds. The second-order valence-electron chi connectivity index (χ2n) is 4.30. The molecule has 6 nitrogen and oxygen atoms in total. The number of hydrogen-bond acceptors (Lipinski definition) is 4. The van der Waals surface area contributed by atoms with Gasteiger partial charge in [0.2, 0.25) is 11.6 Å². The van der Waals surface area contributed by atoms with Gasteiger partial charge in [0.15, 0.2) is 0 Å². The van der Waals surface area contributed by atoms with E-state index in [4.69, 9.17) is 0 Å². The predicted octanol–water partition coefficient (Wildman–Crippen LogP) is 3.16. The first-order valence-corrected chi connectivity index (χ1v) is 6.87. The molecule has 1 aromatic heterocycles. The van der Waals surface area contributed by atoms with E-state index >= 15 is 0 Å². The van der Waals surface area contributed by atoms with Crippen LogP contribution in [0.2, 0.25) is 0 Å². The number of benzene rings is 1. The lowest BCUT2D eigenvalue weighted by Gasteiger charge is -1.98. The molecule has 0 aliphatic carbocycles. The molecular weight excluding hydrogens is 294 g/mol. The van der Waals surface area contributed by atoms with Crippen molar-refractivity contribution in [3.05, 3.63) is 48.8 Å². The normalized spacial score (nSPS) is 11.0. The third-order valence-corrected chi connectivity index (χ3v) is 2.79. The molecule has 23 heavy (non-hydrogen) atoms. The molecule has 0 saturated heterocycles. The lowest BCUT2D eigenvalue weighted by atomic mass is 10.1. The Bertz CT molecular complexity index is 757. The van der Waals surface area contributed by atoms with Crippen LogP contribution in [0.4, 0.5) is 0 Å². The maximum Gasteiger partial charge on any atom is 0.302 e. The maximum atomic E-state index is 12.3. The van der Waals surface area contributed by atoms with Gasteiger partial charge in [-0.3, -0.25) is 9.59 Å². The molecule has 6 heteroatoms. The fourth-order valence-corrected chi connectivity index (χ4v) is 1.74. The minimum atomic E-state index is -0.245. The molecule has 120 valence electrons. The summed E-state index contributed by atoms with van der Waals surface area (Å²) in [5, 5.41) is 0.866. The molecule has 0 aliphatic rings. The molecule has 1 N–H and O–H groups in total. The van der Waals surface area contributed by atoms with Crippen molar-refractivity contribution in [2.75, 3.05) is 7.11 Å². The maximum absolute atomic E-state index is 12.3. The highest BCUT2D eigenvalue weighted by Crippen LogP contribution is 2.18. The number of Topliss-reactive ketones (excluding diaryl/α,β-unsaturated/α-hetero) is 1. The Labute approximate surface area is 134 Å². The van der Waals surface area contributed by atoms with Crippen molar-refractivity contribution in [2.45, 2.75) is 13.8 Å². The minimum Gasteiger partial charge on any atom is -0.469 e. The number of hydrogen-bond donors (Lipinski definition) is 1. The molecule has 0 aliphatic heterocycles. The van der Waals surface area contributed by atoms with Gasteiger partial charge in [0.25, 0.3) is 0 Å². The third-order valence-electron chi connectivity index (χ3n) is 2.79. The number of carbonyl (C=O) groups excluding carboxylic acids is 2. The number of esters is 1. The van der Waals surface area contributed by atoms with E-state index in [1.54, 1.807) is 13.1 Å². The predicted molar refractivity (Wildman–Crippen MR) is 92.1 cm³/mol. The highest BCUT2D eigenvalue weighted by molar-refractivity contribution is 6.48. The topological polar surface area (TPSA) is 83.9 Å². The van der Waals surface area contributed by atoms with Gasteiger partial charge in [0, 0.05) is 36.4 Å². The highest BCUT2D eigenvalue weighted by atomic mass is 16.5. The first-order chi connectivity index (χ1) is 11.0. The van der Waals surface area contributed by atoms with Crippen molar-refractivity contribution in [1.29, 1.82) is 0 Å². The number of carbonyl (C=O) groups is 2. The van der Waals surface area contributed by atoms with Crippen LogP contribution in [0.5, 0.6) is 0 Å². The first kappa shape index (κ1) is 18.0. The Morgan fingerprint density at radius 2 is 1.96 bits per heavy atom. The number of aromatic amines is 1. The number of rotatable bonds is 3. The van der Waals surface area contributed by atoms with E-state index in [0.29, 0.717) is 5.56 Å². The van der Waals surface area contributed by atoms with E-state index in [9.17, 15) is 9.59 Å². The number of H-pyrrole nitrogens is 1. The van der Waals surface area contributed by atoms with Crippen molar-refractivity contribution < 1.29 is 14.3 Å². The molecule has 0 spiro atoms. The average molecular weight is 313 g/mol. The Morgan fingerprint density at radius 1 is 1.30 bits per heavy atom. The van der Waals surface area contributed by atoms with E-state index < -0.39 is 0 Å². The van der Waals surface area contributed by atoms with Crippen LogP contribution in [-0.2, 0) is 9.53 Å². The zero-order chi connectivity index (χ0) is 17.2. The van der Waals surface area contributed by atoms with E-state index in [-0.39, 0.29) is 17.6 Å². The summed E-state index contributed by atoms with van der Waals surface area (Å²) in [4.78, 5) is 32.8. The number of para-hydroxylation sites is 1. The van der Waals surface area contributed by atoms with Crippen molar-refractivity contribution in [3.63, 3.8) is 0 Å². The number of nitrogens with zero attached hydrogens (tertiary/aromatic N) is 2. The molecule has 1 aromatic carbocycles. The van der Waals surface area contributed by atoms with Crippen LogP contribution in [0.3, 0.4) is 0 Å². The number of amidine groups is 1. The molecule has 0 bridgehead atoms. The molecule has 2 rings (SSSR count). The Kier molecular flexibility index (Phi) is 7.13. The molecule has 0 atom stereocenters. The van der Waals surface area contributed by atoms with Gasteiger partial charge in [-0.2, -0.15) is 0 Å². The van der Waals surface area contributed by atoms with Gasteiger partial charge < -0.3 is 9.72 Å². The van der Waals surface area contributed by atoms with Crippen LogP contribution < -0.4 is 0 Å². The SMILES string of the molecule is C=CN=C(N=CC)C(=O)c1c[nH]c2ccccc12.COC(C)=O. The van der Waals surface area contributed by atoms with Crippen molar-refractivity contribution in [1.82, 2.24) is 4.98 Å². The smallest absolute Gasteiger partial charge is 0.302 e. The van der Waals surface area contributed by atoms with Crippen molar-refractivity contribution >= 4 is 34.7 Å². The summed E-state index contributed by atoms with van der Waals surface area (Å²) in [6.07, 6.45) is 4.53. The quantitative estimate of drug-likeness (QED) is 0.409. The number of aromatic nitrogens is 1. The van der Waals surface area contributed by atoms with E-state index in [2.05, 4.69) is 26.3 Å². The summed E-state index contributed by atoms with van der Waals surface area (Å²) in [5.41, 5.74) is 1.48. The van der Waals surface area contributed by atoms with E-state index in [1.807, 2.05) is 24.3 Å².